The van der Waals surface area contributed by atoms with E-state index in [0.29, 0.717) is 5.39 Å². The number of fused-ring (bicyclic) bond motifs is 1. The lowest BCUT2D eigenvalue weighted by Gasteiger charge is -2.22. The molecule has 6 nitrogen and oxygen atoms in total. The summed E-state index contributed by atoms with van der Waals surface area (Å²) in [5.74, 6) is 1.48. The largest absolute Gasteiger partial charge is 0.497 e. The molecule has 2 aromatic carbocycles. The first-order valence-corrected chi connectivity index (χ1v) is 9.59. The molecule has 0 saturated heterocycles. The molecule has 0 fully saturated rings. The van der Waals surface area contributed by atoms with Crippen LogP contribution < -0.4 is 15.6 Å². The molecular formula is C22H28N4O2. The minimum absolute atomic E-state index is 0.0284. The number of hydrogen-bond acceptors (Lipinski definition) is 5. The van der Waals surface area contributed by atoms with Crippen molar-refractivity contribution in [2.24, 2.45) is 0 Å². The number of methoxy groups -OCH3 is 1. The Morgan fingerprint density at radius 3 is 2.50 bits per heavy atom. The fourth-order valence-electron chi connectivity index (χ4n) is 3.25. The van der Waals surface area contributed by atoms with E-state index in [1.54, 1.807) is 11.7 Å². The van der Waals surface area contributed by atoms with E-state index in [1.165, 1.54) is 0 Å². The third kappa shape index (κ3) is 4.24. The van der Waals surface area contributed by atoms with Crippen LogP contribution >= 0.6 is 0 Å². The van der Waals surface area contributed by atoms with E-state index in [9.17, 15) is 4.79 Å². The van der Waals surface area contributed by atoms with Crippen molar-refractivity contribution in [2.75, 3.05) is 34.3 Å². The molecule has 0 spiro atoms. The summed E-state index contributed by atoms with van der Waals surface area (Å²) in [6.45, 7) is 3.83. The highest BCUT2D eigenvalue weighted by Crippen LogP contribution is 2.21. The predicted molar refractivity (Wildman–Crippen MR) is 113 cm³/mol. The van der Waals surface area contributed by atoms with Crippen LogP contribution in [0.4, 0.5) is 0 Å². The molecule has 0 radical (unpaired) electrons. The fourth-order valence-corrected chi connectivity index (χ4v) is 3.25. The van der Waals surface area contributed by atoms with Crippen LogP contribution in [-0.4, -0.2) is 48.7 Å². The van der Waals surface area contributed by atoms with Gasteiger partial charge in [0.25, 0.3) is 5.56 Å². The first-order valence-electron chi connectivity index (χ1n) is 9.59. The normalized spacial score (nSPS) is 12.5. The number of aromatic nitrogens is 2. The van der Waals surface area contributed by atoms with E-state index in [2.05, 4.69) is 17.1 Å². The van der Waals surface area contributed by atoms with Crippen LogP contribution in [0, 0.1) is 0 Å². The van der Waals surface area contributed by atoms with Crippen LogP contribution in [0.5, 0.6) is 5.75 Å². The van der Waals surface area contributed by atoms with Gasteiger partial charge in [-0.3, -0.25) is 9.36 Å². The Labute approximate surface area is 165 Å². The molecule has 0 aliphatic rings. The number of nitrogens with zero attached hydrogens (tertiary/aromatic N) is 3. The number of ether oxygens (including phenoxy) is 1. The molecular weight excluding hydrogens is 352 g/mol. The zero-order valence-corrected chi connectivity index (χ0v) is 17.0. The van der Waals surface area contributed by atoms with Crippen LogP contribution in [0.25, 0.3) is 16.6 Å². The lowest BCUT2D eigenvalue weighted by molar-refractivity contribution is 0.376. The maximum atomic E-state index is 13.4. The lowest BCUT2D eigenvalue weighted by atomic mass is 10.1. The summed E-state index contributed by atoms with van der Waals surface area (Å²) in [5.41, 5.74) is 1.45. The van der Waals surface area contributed by atoms with Gasteiger partial charge in [0.15, 0.2) is 0 Å². The maximum Gasteiger partial charge on any atom is 0.266 e. The second-order valence-corrected chi connectivity index (χ2v) is 7.04. The third-order valence-corrected chi connectivity index (χ3v) is 4.80. The molecule has 28 heavy (non-hydrogen) atoms. The number of hydrogen-bond donors (Lipinski definition) is 1. The summed E-state index contributed by atoms with van der Waals surface area (Å²) in [4.78, 5) is 20.4. The summed E-state index contributed by atoms with van der Waals surface area (Å²) < 4.78 is 6.98. The standard InChI is InChI=1S/C22H28N4O2/c1-5-19(23-14-15-25(2)3)21-24-20-9-7-6-8-18(20)22(27)26(21)16-10-12-17(28-4)13-11-16/h6-13,19,23H,5,14-15H2,1-4H3/t19-/m1/s1. The highest BCUT2D eigenvalue weighted by atomic mass is 16.5. The quantitative estimate of drug-likeness (QED) is 0.651. The van der Waals surface area contributed by atoms with Gasteiger partial charge < -0.3 is 15.0 Å². The topological polar surface area (TPSA) is 59.4 Å². The molecule has 0 unspecified atom stereocenters. The van der Waals surface area contributed by atoms with E-state index in [1.807, 2.05) is 62.6 Å². The molecule has 0 amide bonds. The average Bonchev–Trinajstić information content (AvgIpc) is 2.71. The van der Waals surface area contributed by atoms with Crippen molar-refractivity contribution in [1.29, 1.82) is 0 Å². The van der Waals surface area contributed by atoms with Crippen LogP contribution in [0.15, 0.2) is 53.3 Å². The van der Waals surface area contributed by atoms with Crippen molar-refractivity contribution in [2.45, 2.75) is 19.4 Å². The van der Waals surface area contributed by atoms with E-state index >= 15 is 0 Å². The molecule has 1 atom stereocenters. The minimum Gasteiger partial charge on any atom is -0.497 e. The number of nitrogens with one attached hydrogen (secondary N) is 1. The first kappa shape index (κ1) is 20.0. The minimum atomic E-state index is -0.0568. The first-order chi connectivity index (χ1) is 13.5. The predicted octanol–water partition coefficient (Wildman–Crippen LogP) is 3.00. The lowest BCUT2D eigenvalue weighted by Crippen LogP contribution is -2.34. The summed E-state index contributed by atoms with van der Waals surface area (Å²) in [6, 6.07) is 15.0. The summed E-state index contributed by atoms with van der Waals surface area (Å²) >= 11 is 0. The van der Waals surface area contributed by atoms with Crippen molar-refractivity contribution >= 4 is 10.9 Å². The van der Waals surface area contributed by atoms with Gasteiger partial charge in [-0.25, -0.2) is 4.98 Å². The molecule has 1 N–H and O–H groups in total. The van der Waals surface area contributed by atoms with Crippen molar-refractivity contribution in [3.05, 3.63) is 64.7 Å². The van der Waals surface area contributed by atoms with E-state index in [4.69, 9.17) is 9.72 Å². The fraction of sp³-hybridized carbons (Fsp3) is 0.364. The second-order valence-electron chi connectivity index (χ2n) is 7.04. The number of para-hydroxylation sites is 1. The highest BCUT2D eigenvalue weighted by Gasteiger charge is 2.19. The monoisotopic (exact) mass is 380 g/mol. The third-order valence-electron chi connectivity index (χ3n) is 4.80. The molecule has 0 bridgehead atoms. The van der Waals surface area contributed by atoms with Gasteiger partial charge in [0.1, 0.15) is 11.6 Å². The van der Waals surface area contributed by atoms with Gasteiger partial charge in [-0.15, -0.1) is 0 Å². The van der Waals surface area contributed by atoms with Crippen LogP contribution in [0.1, 0.15) is 25.2 Å². The molecule has 0 saturated carbocycles. The average molecular weight is 380 g/mol. The summed E-state index contributed by atoms with van der Waals surface area (Å²) in [7, 11) is 5.72. The molecule has 6 heteroatoms. The molecule has 0 aliphatic carbocycles. The van der Waals surface area contributed by atoms with Gasteiger partial charge in [0.05, 0.1) is 29.7 Å². The number of benzene rings is 2. The van der Waals surface area contributed by atoms with E-state index in [0.717, 1.165) is 42.3 Å². The van der Waals surface area contributed by atoms with Gasteiger partial charge in [-0.05, 0) is 56.9 Å². The van der Waals surface area contributed by atoms with Crippen molar-refractivity contribution in [1.82, 2.24) is 19.8 Å². The van der Waals surface area contributed by atoms with Gasteiger partial charge in [-0.1, -0.05) is 19.1 Å². The van der Waals surface area contributed by atoms with Crippen molar-refractivity contribution in [3.8, 4) is 11.4 Å². The van der Waals surface area contributed by atoms with Crippen molar-refractivity contribution in [3.63, 3.8) is 0 Å². The van der Waals surface area contributed by atoms with Gasteiger partial charge in [-0.2, -0.15) is 0 Å². The Morgan fingerprint density at radius 1 is 1.14 bits per heavy atom. The zero-order chi connectivity index (χ0) is 20.1. The molecule has 1 aromatic heterocycles. The SMILES string of the molecule is CC[C@@H](NCCN(C)C)c1nc2ccccc2c(=O)n1-c1ccc(OC)cc1. The molecule has 148 valence electrons. The van der Waals surface area contributed by atoms with E-state index in [-0.39, 0.29) is 11.6 Å². The van der Waals surface area contributed by atoms with Gasteiger partial charge in [0.2, 0.25) is 0 Å². The Kier molecular flexibility index (Phi) is 6.44. The van der Waals surface area contributed by atoms with Gasteiger partial charge >= 0.3 is 0 Å². The van der Waals surface area contributed by atoms with Gasteiger partial charge in [0, 0.05) is 13.1 Å². The Morgan fingerprint density at radius 2 is 1.86 bits per heavy atom. The number of likely N-dealkylation sites (N-methyl/N-ethyl adjacent to an activating group) is 1. The molecule has 0 aliphatic heterocycles. The summed E-state index contributed by atoms with van der Waals surface area (Å²) in [6.07, 6.45) is 0.828. The molecule has 3 rings (SSSR count). The Balaban J connectivity index is 2.14. The van der Waals surface area contributed by atoms with Crippen molar-refractivity contribution < 1.29 is 4.74 Å². The van der Waals surface area contributed by atoms with Crippen LogP contribution in [0.2, 0.25) is 0 Å². The Bertz CT molecular complexity index is 980. The molecule has 1 heterocycles. The van der Waals surface area contributed by atoms with Crippen LogP contribution in [0.3, 0.4) is 0 Å². The van der Waals surface area contributed by atoms with Crippen LogP contribution in [-0.2, 0) is 0 Å². The summed E-state index contributed by atoms with van der Waals surface area (Å²) in [5, 5.41) is 4.17. The smallest absolute Gasteiger partial charge is 0.266 e. The highest BCUT2D eigenvalue weighted by molar-refractivity contribution is 5.77. The van der Waals surface area contributed by atoms with E-state index < -0.39 is 0 Å². The molecule has 3 aromatic rings. The Hall–Kier alpha value is -2.70. The second kappa shape index (κ2) is 8.99. The zero-order valence-electron chi connectivity index (χ0n) is 17.0. The number of rotatable bonds is 8. The maximum absolute atomic E-state index is 13.4.